The first-order valence-electron chi connectivity index (χ1n) is 9.96. The molecule has 3 aliphatic rings. The van der Waals surface area contributed by atoms with Crippen LogP contribution in [0.1, 0.15) is 27.1 Å². The number of ketones is 1. The first-order chi connectivity index (χ1) is 14.5. The van der Waals surface area contributed by atoms with Crippen LogP contribution in [0.5, 0.6) is 0 Å². The Hall–Kier alpha value is -3.54. The molecule has 30 heavy (non-hydrogen) atoms. The summed E-state index contributed by atoms with van der Waals surface area (Å²) in [4.78, 5) is 51.7. The molecule has 0 radical (unpaired) electrons. The van der Waals surface area contributed by atoms with Crippen molar-refractivity contribution in [3.63, 3.8) is 0 Å². The second-order valence-electron chi connectivity index (χ2n) is 7.93. The van der Waals surface area contributed by atoms with Crippen LogP contribution >= 0.6 is 0 Å². The van der Waals surface area contributed by atoms with Gasteiger partial charge in [0.15, 0.2) is 12.4 Å². The topological polar surface area (TPSA) is 80.8 Å². The van der Waals surface area contributed by atoms with Gasteiger partial charge in [0.2, 0.25) is 11.8 Å². The first kappa shape index (κ1) is 18.5. The number of amides is 2. The van der Waals surface area contributed by atoms with Crippen LogP contribution in [0.2, 0.25) is 0 Å². The fourth-order valence-electron chi connectivity index (χ4n) is 4.85. The number of imide groups is 1. The molecule has 6 heteroatoms. The van der Waals surface area contributed by atoms with E-state index in [1.165, 1.54) is 17.0 Å². The highest BCUT2D eigenvalue weighted by molar-refractivity contribution is 6.23. The van der Waals surface area contributed by atoms with Crippen molar-refractivity contribution in [2.75, 3.05) is 11.5 Å². The number of rotatable bonds is 5. The van der Waals surface area contributed by atoms with Gasteiger partial charge in [-0.05, 0) is 36.5 Å². The third kappa shape index (κ3) is 2.87. The quantitative estimate of drug-likeness (QED) is 0.333. The molecule has 2 amide bonds. The molecule has 4 atom stereocenters. The summed E-state index contributed by atoms with van der Waals surface area (Å²) in [5.41, 5.74) is 1.01. The van der Waals surface area contributed by atoms with Gasteiger partial charge in [-0.25, -0.2) is 9.69 Å². The predicted molar refractivity (Wildman–Crippen MR) is 108 cm³/mol. The molecular formula is C24H19NO5. The fourth-order valence-corrected chi connectivity index (χ4v) is 4.85. The van der Waals surface area contributed by atoms with Gasteiger partial charge in [-0.2, -0.15) is 0 Å². The molecule has 2 bridgehead atoms. The van der Waals surface area contributed by atoms with Crippen LogP contribution in [0.3, 0.4) is 0 Å². The van der Waals surface area contributed by atoms with Crippen LogP contribution < -0.4 is 4.90 Å². The number of esters is 1. The summed E-state index contributed by atoms with van der Waals surface area (Å²) >= 11 is 0. The van der Waals surface area contributed by atoms with E-state index < -0.39 is 5.97 Å². The number of nitrogens with zero attached hydrogens (tertiary/aromatic N) is 1. The maximum absolute atomic E-state index is 13.0. The SMILES string of the molecule is O=C(COC(=O)c1cccc(N2C(=O)[C@@H]3[C@H](C2=O)[C@H]2C=C[C@H]3C2)c1)c1ccccc1. The molecule has 0 N–H and O–H groups in total. The normalized spacial score (nSPS) is 26.2. The molecule has 1 aliphatic heterocycles. The zero-order valence-corrected chi connectivity index (χ0v) is 16.1. The van der Waals surface area contributed by atoms with E-state index in [1.807, 2.05) is 12.2 Å². The van der Waals surface area contributed by atoms with Gasteiger partial charge in [0.25, 0.3) is 0 Å². The molecule has 0 spiro atoms. The Labute approximate surface area is 173 Å². The highest BCUT2D eigenvalue weighted by Crippen LogP contribution is 2.53. The van der Waals surface area contributed by atoms with Crippen LogP contribution in [0.15, 0.2) is 66.7 Å². The summed E-state index contributed by atoms with van der Waals surface area (Å²) in [5, 5.41) is 0. The largest absolute Gasteiger partial charge is 0.454 e. The minimum absolute atomic E-state index is 0.124. The van der Waals surface area contributed by atoms with Gasteiger partial charge in [-0.15, -0.1) is 0 Å². The number of hydrogen-bond donors (Lipinski definition) is 0. The predicted octanol–water partition coefficient (Wildman–Crippen LogP) is 3.04. The van der Waals surface area contributed by atoms with Crippen LogP contribution in [-0.4, -0.2) is 30.2 Å². The van der Waals surface area contributed by atoms with E-state index in [2.05, 4.69) is 0 Å². The number of fused-ring (bicyclic) bond motifs is 5. The third-order valence-electron chi connectivity index (χ3n) is 6.24. The molecule has 0 unspecified atom stereocenters. The molecule has 1 heterocycles. The molecular weight excluding hydrogens is 382 g/mol. The van der Waals surface area contributed by atoms with Crippen molar-refractivity contribution >= 4 is 29.3 Å². The van der Waals surface area contributed by atoms with Crippen molar-refractivity contribution < 1.29 is 23.9 Å². The average Bonchev–Trinajstić information content (AvgIpc) is 3.46. The number of ether oxygens (including phenoxy) is 1. The van der Waals surface area contributed by atoms with Crippen LogP contribution in [-0.2, 0) is 14.3 Å². The van der Waals surface area contributed by atoms with Gasteiger partial charge in [-0.3, -0.25) is 14.4 Å². The minimum atomic E-state index is -0.679. The van der Waals surface area contributed by atoms with Crippen molar-refractivity contribution in [3.05, 3.63) is 77.9 Å². The van der Waals surface area contributed by atoms with Gasteiger partial charge in [0, 0.05) is 5.56 Å². The Morgan fingerprint density at radius 1 is 0.867 bits per heavy atom. The average molecular weight is 401 g/mol. The highest BCUT2D eigenvalue weighted by Gasteiger charge is 2.59. The minimum Gasteiger partial charge on any atom is -0.454 e. The Kier molecular flexibility index (Phi) is 4.35. The summed E-state index contributed by atoms with van der Waals surface area (Å²) in [6.07, 6.45) is 4.94. The molecule has 1 saturated heterocycles. The van der Waals surface area contributed by atoms with Gasteiger partial charge < -0.3 is 4.74 Å². The third-order valence-corrected chi connectivity index (χ3v) is 6.24. The lowest BCUT2D eigenvalue weighted by molar-refractivity contribution is -0.123. The number of carbonyl (C=O) groups is 4. The van der Waals surface area contributed by atoms with Crippen LogP contribution in [0.25, 0.3) is 0 Å². The number of anilines is 1. The van der Waals surface area contributed by atoms with Gasteiger partial charge in [0.05, 0.1) is 23.1 Å². The van der Waals surface area contributed by atoms with Crippen molar-refractivity contribution in [1.29, 1.82) is 0 Å². The van der Waals surface area contributed by atoms with E-state index in [0.29, 0.717) is 11.3 Å². The van der Waals surface area contributed by atoms with E-state index in [4.69, 9.17) is 4.74 Å². The highest BCUT2D eigenvalue weighted by atomic mass is 16.5. The number of hydrogen-bond acceptors (Lipinski definition) is 5. The smallest absolute Gasteiger partial charge is 0.338 e. The maximum Gasteiger partial charge on any atom is 0.338 e. The number of carbonyl (C=O) groups excluding carboxylic acids is 4. The van der Waals surface area contributed by atoms with Crippen molar-refractivity contribution in [1.82, 2.24) is 0 Å². The summed E-state index contributed by atoms with van der Waals surface area (Å²) in [6, 6.07) is 14.8. The van der Waals surface area contributed by atoms with Crippen molar-refractivity contribution in [2.24, 2.45) is 23.7 Å². The Bertz CT molecular complexity index is 1060. The van der Waals surface area contributed by atoms with E-state index >= 15 is 0 Å². The monoisotopic (exact) mass is 401 g/mol. The number of Topliss-reactive ketones (excluding diaryl/α,β-unsaturated/α-hetero) is 1. The first-order valence-corrected chi connectivity index (χ1v) is 9.96. The van der Waals surface area contributed by atoms with E-state index in [-0.39, 0.29) is 53.4 Å². The summed E-state index contributed by atoms with van der Waals surface area (Å²) in [6.45, 7) is -0.381. The second-order valence-corrected chi connectivity index (χ2v) is 7.93. The Morgan fingerprint density at radius 3 is 2.17 bits per heavy atom. The lowest BCUT2D eigenvalue weighted by atomic mass is 9.85. The summed E-state index contributed by atoms with van der Waals surface area (Å²) in [5.74, 6) is -1.74. The molecule has 0 aromatic heterocycles. The summed E-state index contributed by atoms with van der Waals surface area (Å²) < 4.78 is 5.15. The van der Waals surface area contributed by atoms with E-state index in [9.17, 15) is 19.2 Å². The van der Waals surface area contributed by atoms with Crippen molar-refractivity contribution in [2.45, 2.75) is 6.42 Å². The van der Waals surface area contributed by atoms with Gasteiger partial charge in [-0.1, -0.05) is 48.6 Å². The van der Waals surface area contributed by atoms with Crippen LogP contribution in [0.4, 0.5) is 5.69 Å². The zero-order valence-electron chi connectivity index (χ0n) is 16.1. The molecule has 6 nitrogen and oxygen atoms in total. The Balaban J connectivity index is 1.31. The van der Waals surface area contributed by atoms with E-state index in [0.717, 1.165) is 6.42 Å². The lowest BCUT2D eigenvalue weighted by Crippen LogP contribution is -2.33. The number of benzene rings is 2. The maximum atomic E-state index is 13.0. The van der Waals surface area contributed by atoms with Crippen LogP contribution in [0, 0.1) is 23.7 Å². The molecule has 2 fully saturated rings. The van der Waals surface area contributed by atoms with Gasteiger partial charge >= 0.3 is 5.97 Å². The zero-order chi connectivity index (χ0) is 20.8. The van der Waals surface area contributed by atoms with E-state index in [1.54, 1.807) is 42.5 Å². The molecule has 2 aliphatic carbocycles. The fraction of sp³-hybridized carbons (Fsp3) is 0.250. The van der Waals surface area contributed by atoms with Gasteiger partial charge in [0.1, 0.15) is 0 Å². The molecule has 2 aromatic rings. The lowest BCUT2D eigenvalue weighted by Gasteiger charge is -2.18. The molecule has 150 valence electrons. The summed E-state index contributed by atoms with van der Waals surface area (Å²) in [7, 11) is 0. The second kappa shape index (κ2) is 7.06. The molecule has 5 rings (SSSR count). The standard InChI is InChI=1S/C24H19NO5/c26-19(14-5-2-1-3-6-14)13-30-24(29)17-7-4-8-18(12-17)25-22(27)20-15-9-10-16(11-15)21(20)23(25)28/h1-10,12,15-16,20-21H,11,13H2/t15-,16-,20-,21+/m0/s1. The number of allylic oxidation sites excluding steroid dienone is 2. The molecule has 2 aromatic carbocycles. The van der Waals surface area contributed by atoms with Crippen molar-refractivity contribution in [3.8, 4) is 0 Å². The molecule has 1 saturated carbocycles. The Morgan fingerprint density at radius 2 is 1.50 bits per heavy atom.